The number of carboxylic acid groups (broad SMARTS) is 1. The number of carbonyl (C=O) groups excluding carboxylic acids is 3. The van der Waals surface area contributed by atoms with Crippen LogP contribution in [0.4, 0.5) is 0 Å². The zero-order valence-corrected chi connectivity index (χ0v) is 52.8. The zero-order chi connectivity index (χ0) is 56.9. The number of nitrogens with zero attached hydrogens (tertiary/aromatic N) is 1. The maximum atomic E-state index is 12.8. The number of esters is 2. The van der Waals surface area contributed by atoms with Gasteiger partial charge in [0.15, 0.2) is 12.4 Å². The number of aliphatic carboxylic acids is 1. The van der Waals surface area contributed by atoms with E-state index >= 15 is 0 Å². The van der Waals surface area contributed by atoms with Crippen LogP contribution in [0, 0.1) is 0 Å². The summed E-state index contributed by atoms with van der Waals surface area (Å²) in [7, 11) is 5.93. The predicted octanol–water partition coefficient (Wildman–Crippen LogP) is 19.5. The van der Waals surface area contributed by atoms with Crippen LogP contribution in [0.3, 0.4) is 0 Å². The van der Waals surface area contributed by atoms with Gasteiger partial charge in [0.05, 0.1) is 40.3 Å². The van der Waals surface area contributed by atoms with E-state index < -0.39 is 24.3 Å². The van der Waals surface area contributed by atoms with Crippen molar-refractivity contribution in [1.82, 2.24) is 0 Å². The zero-order valence-electron chi connectivity index (χ0n) is 52.8. The Labute approximate surface area is 485 Å². The summed E-state index contributed by atoms with van der Waals surface area (Å²) in [5, 5.41) is 11.8. The van der Waals surface area contributed by atoms with Gasteiger partial charge in [-0.3, -0.25) is 9.59 Å². The third-order valence-electron chi connectivity index (χ3n) is 15.8. The van der Waals surface area contributed by atoms with Gasteiger partial charge in [0.25, 0.3) is 0 Å². The van der Waals surface area contributed by atoms with E-state index in [0.29, 0.717) is 23.9 Å². The van der Waals surface area contributed by atoms with Crippen molar-refractivity contribution in [2.45, 2.75) is 367 Å². The number of unbranched alkanes of at least 4 members (excludes halogenated alkanes) is 48. The number of quaternary nitrogens is 1. The number of rotatable bonds is 65. The molecule has 0 amide bonds. The molecule has 0 aromatic heterocycles. The molecule has 0 rings (SSSR count). The molecule has 0 aromatic rings. The number of carboxylic acids is 1. The number of carbonyl (C=O) groups is 3. The first kappa shape index (κ1) is 76.0. The molecule has 9 nitrogen and oxygen atoms in total. The van der Waals surface area contributed by atoms with Crippen LogP contribution in [0.15, 0.2) is 12.2 Å². The molecule has 0 aliphatic carbocycles. The standard InChI is InChI=1S/C69H133NO8/c1-6-8-10-12-14-16-18-20-21-22-23-24-25-26-27-28-29-30-31-32-33-34-35-36-37-38-39-40-41-42-43-44-45-46-47-48-50-51-53-55-57-59-66(71)76-63-65(64-77-69(68(73)74)75-62-61-70(3,4)5)78-67(72)60-58-56-54-52-49-19-17-15-13-11-9-7-2/h15,17,65,69H,6-14,16,18-64H2,1-5H3/b17-15-. The number of ether oxygens (including phenoxy) is 4. The topological polar surface area (TPSA) is 111 Å². The third-order valence-corrected chi connectivity index (χ3v) is 15.8. The largest absolute Gasteiger partial charge is 0.545 e. The van der Waals surface area contributed by atoms with Gasteiger partial charge in [-0.2, -0.15) is 0 Å². The van der Waals surface area contributed by atoms with Crippen molar-refractivity contribution in [3.05, 3.63) is 12.2 Å². The Morgan fingerprint density at radius 1 is 0.372 bits per heavy atom. The first-order valence-corrected chi connectivity index (χ1v) is 34.3. The Hall–Kier alpha value is -1.97. The lowest BCUT2D eigenvalue weighted by atomic mass is 10.0. The number of hydrogen-bond donors (Lipinski definition) is 0. The molecule has 0 aliphatic heterocycles. The van der Waals surface area contributed by atoms with E-state index in [0.717, 1.165) is 51.4 Å². The van der Waals surface area contributed by atoms with Crippen LogP contribution in [0.2, 0.25) is 0 Å². The second kappa shape index (κ2) is 61.1. The van der Waals surface area contributed by atoms with E-state index in [9.17, 15) is 19.5 Å². The summed E-state index contributed by atoms with van der Waals surface area (Å²) in [5.41, 5.74) is 0. The van der Waals surface area contributed by atoms with Crippen molar-refractivity contribution >= 4 is 17.9 Å². The highest BCUT2D eigenvalue weighted by molar-refractivity contribution is 5.70. The highest BCUT2D eigenvalue weighted by atomic mass is 16.7. The fourth-order valence-electron chi connectivity index (χ4n) is 10.5. The average molecular weight is 1100 g/mol. The number of likely N-dealkylation sites (N-methyl/N-ethyl adjacent to an activating group) is 1. The first-order chi connectivity index (χ1) is 38.1. The molecule has 78 heavy (non-hydrogen) atoms. The highest BCUT2D eigenvalue weighted by Gasteiger charge is 2.22. The summed E-state index contributed by atoms with van der Waals surface area (Å²) >= 11 is 0. The fourth-order valence-corrected chi connectivity index (χ4v) is 10.5. The summed E-state index contributed by atoms with van der Waals surface area (Å²) in [6.45, 7) is 4.76. The molecule has 2 atom stereocenters. The third kappa shape index (κ3) is 61.6. The van der Waals surface area contributed by atoms with Crippen LogP contribution in [0.5, 0.6) is 0 Å². The summed E-state index contributed by atoms with van der Waals surface area (Å²) in [6.07, 6.45) is 70.6. The van der Waals surface area contributed by atoms with Gasteiger partial charge in [-0.15, -0.1) is 0 Å². The number of hydrogen-bond acceptors (Lipinski definition) is 8. The molecule has 0 aliphatic rings. The lowest BCUT2D eigenvalue weighted by Gasteiger charge is -2.26. The maximum absolute atomic E-state index is 12.8. The fraction of sp³-hybridized carbons (Fsp3) is 0.928. The average Bonchev–Trinajstić information content (AvgIpc) is 3.41. The van der Waals surface area contributed by atoms with Crippen LogP contribution in [0.1, 0.15) is 354 Å². The first-order valence-electron chi connectivity index (χ1n) is 34.3. The van der Waals surface area contributed by atoms with Crippen molar-refractivity contribution in [3.63, 3.8) is 0 Å². The van der Waals surface area contributed by atoms with Crippen molar-refractivity contribution in [3.8, 4) is 0 Å². The van der Waals surface area contributed by atoms with Gasteiger partial charge < -0.3 is 33.3 Å². The second-order valence-corrected chi connectivity index (χ2v) is 24.8. The van der Waals surface area contributed by atoms with Gasteiger partial charge in [-0.25, -0.2) is 0 Å². The highest BCUT2D eigenvalue weighted by Crippen LogP contribution is 2.19. The van der Waals surface area contributed by atoms with Gasteiger partial charge in [-0.1, -0.05) is 315 Å². The van der Waals surface area contributed by atoms with Crippen molar-refractivity contribution in [1.29, 1.82) is 0 Å². The lowest BCUT2D eigenvalue weighted by Crippen LogP contribution is -2.44. The van der Waals surface area contributed by atoms with Crippen molar-refractivity contribution in [2.75, 3.05) is 47.5 Å². The minimum Gasteiger partial charge on any atom is -0.545 e. The van der Waals surface area contributed by atoms with Crippen LogP contribution in [-0.4, -0.2) is 82.3 Å². The van der Waals surface area contributed by atoms with Gasteiger partial charge >= 0.3 is 11.9 Å². The van der Waals surface area contributed by atoms with Gasteiger partial charge in [-0.05, 0) is 38.5 Å². The molecule has 2 unspecified atom stereocenters. The molecule has 0 radical (unpaired) electrons. The monoisotopic (exact) mass is 1100 g/mol. The molecular weight excluding hydrogens is 971 g/mol. The Morgan fingerprint density at radius 2 is 0.654 bits per heavy atom. The quantitative estimate of drug-likeness (QED) is 0.0195. The molecule has 0 aromatic carbocycles. The van der Waals surface area contributed by atoms with E-state index in [1.165, 1.54) is 270 Å². The van der Waals surface area contributed by atoms with Crippen LogP contribution >= 0.6 is 0 Å². The molecule has 0 N–H and O–H groups in total. The minimum atomic E-state index is -1.62. The van der Waals surface area contributed by atoms with Crippen molar-refractivity contribution in [2.24, 2.45) is 0 Å². The van der Waals surface area contributed by atoms with Crippen LogP contribution < -0.4 is 5.11 Å². The summed E-state index contributed by atoms with van der Waals surface area (Å²) in [5.74, 6) is -2.27. The molecule has 462 valence electrons. The van der Waals surface area contributed by atoms with Gasteiger partial charge in [0.1, 0.15) is 13.2 Å². The molecule has 0 heterocycles. The summed E-state index contributed by atoms with van der Waals surface area (Å²) in [6, 6.07) is 0. The molecule has 0 saturated carbocycles. The second-order valence-electron chi connectivity index (χ2n) is 24.8. The Bertz CT molecular complexity index is 1280. The Balaban J connectivity index is 3.80. The Kier molecular flexibility index (Phi) is 59.6. The SMILES string of the molecule is CCCCC/C=C\CCCCCCCC(=O)OC(COC(=O)CCCCCCCCCCCCCCCCCCCCCCCCCCCCCCCCCCCCCCCCCCC)COC(OCC[N+](C)(C)C)C(=O)[O-]. The summed E-state index contributed by atoms with van der Waals surface area (Å²) in [4.78, 5) is 37.2. The molecule has 0 fully saturated rings. The molecular formula is C69H133NO8. The van der Waals surface area contributed by atoms with Gasteiger partial charge in [0.2, 0.25) is 0 Å². The molecule has 9 heteroatoms. The lowest BCUT2D eigenvalue weighted by molar-refractivity contribution is -0.870. The Morgan fingerprint density at radius 3 is 0.974 bits per heavy atom. The normalized spacial score (nSPS) is 12.7. The maximum Gasteiger partial charge on any atom is 0.306 e. The smallest absolute Gasteiger partial charge is 0.306 e. The predicted molar refractivity (Wildman–Crippen MR) is 330 cm³/mol. The van der Waals surface area contributed by atoms with Crippen LogP contribution in [-0.2, 0) is 33.3 Å². The van der Waals surface area contributed by atoms with E-state index in [4.69, 9.17) is 18.9 Å². The van der Waals surface area contributed by atoms with E-state index in [1.807, 2.05) is 21.1 Å². The van der Waals surface area contributed by atoms with Crippen LogP contribution in [0.25, 0.3) is 0 Å². The van der Waals surface area contributed by atoms with E-state index in [-0.39, 0.29) is 32.2 Å². The molecule has 0 spiro atoms. The minimum absolute atomic E-state index is 0.149. The van der Waals surface area contributed by atoms with E-state index in [2.05, 4.69) is 26.0 Å². The van der Waals surface area contributed by atoms with Crippen molar-refractivity contribution < 1.29 is 42.9 Å². The molecule has 0 bridgehead atoms. The van der Waals surface area contributed by atoms with Gasteiger partial charge in [0, 0.05) is 12.8 Å². The van der Waals surface area contributed by atoms with E-state index in [1.54, 1.807) is 0 Å². The molecule has 0 saturated heterocycles. The number of allylic oxidation sites excluding steroid dienone is 2. The summed E-state index contributed by atoms with van der Waals surface area (Å²) < 4.78 is 22.7.